The smallest absolute Gasteiger partial charge is 0.160 e. The lowest BCUT2D eigenvalue weighted by Gasteiger charge is -2.12. The van der Waals surface area contributed by atoms with Gasteiger partial charge in [0.2, 0.25) is 0 Å². The van der Waals surface area contributed by atoms with Crippen LogP contribution in [0.25, 0.3) is 0 Å². The molecule has 0 atom stereocenters. The van der Waals surface area contributed by atoms with E-state index in [2.05, 4.69) is 25.6 Å². The molecule has 0 fully saturated rings. The molecule has 3 rings (SSSR count). The number of hydrogen-bond acceptors (Lipinski definition) is 6. The minimum Gasteiger partial charge on any atom is -0.393 e. The van der Waals surface area contributed by atoms with Crippen molar-refractivity contribution in [3.63, 3.8) is 0 Å². The number of aromatic nitrogens is 3. The SMILES string of the molecule is Nc1c(Nc2cccnc2)ncnc1Nc1ccc(F)c(F)c1. The summed E-state index contributed by atoms with van der Waals surface area (Å²) in [5, 5.41) is 5.83. The van der Waals surface area contributed by atoms with Crippen LogP contribution in [0, 0.1) is 11.6 Å². The highest BCUT2D eigenvalue weighted by Gasteiger charge is 2.10. The topological polar surface area (TPSA) is 88.8 Å². The van der Waals surface area contributed by atoms with Crippen molar-refractivity contribution >= 4 is 28.7 Å². The van der Waals surface area contributed by atoms with Gasteiger partial charge in [-0.3, -0.25) is 4.98 Å². The molecule has 0 aliphatic heterocycles. The second-order valence-electron chi connectivity index (χ2n) is 4.61. The summed E-state index contributed by atoms with van der Waals surface area (Å²) in [5.74, 6) is -1.24. The van der Waals surface area contributed by atoms with E-state index in [9.17, 15) is 8.78 Å². The Labute approximate surface area is 130 Å². The van der Waals surface area contributed by atoms with Crippen molar-refractivity contribution in [3.05, 3.63) is 60.7 Å². The molecule has 0 saturated carbocycles. The van der Waals surface area contributed by atoms with Gasteiger partial charge in [-0.15, -0.1) is 0 Å². The van der Waals surface area contributed by atoms with Crippen LogP contribution in [0.5, 0.6) is 0 Å². The maximum absolute atomic E-state index is 13.3. The van der Waals surface area contributed by atoms with Crippen molar-refractivity contribution in [1.29, 1.82) is 0 Å². The fraction of sp³-hybridized carbons (Fsp3) is 0. The zero-order valence-electron chi connectivity index (χ0n) is 11.8. The third-order valence-corrected chi connectivity index (χ3v) is 2.99. The lowest BCUT2D eigenvalue weighted by molar-refractivity contribution is 0.509. The van der Waals surface area contributed by atoms with Gasteiger partial charge >= 0.3 is 0 Å². The van der Waals surface area contributed by atoms with E-state index in [1.54, 1.807) is 24.5 Å². The summed E-state index contributed by atoms with van der Waals surface area (Å²) < 4.78 is 26.2. The number of nitrogen functional groups attached to an aromatic ring is 1. The number of nitrogens with two attached hydrogens (primary N) is 1. The number of nitrogens with zero attached hydrogens (tertiary/aromatic N) is 3. The third kappa shape index (κ3) is 3.31. The number of anilines is 5. The highest BCUT2D eigenvalue weighted by molar-refractivity contribution is 5.80. The Morgan fingerprint density at radius 3 is 2.30 bits per heavy atom. The average molecular weight is 314 g/mol. The molecule has 4 N–H and O–H groups in total. The largest absolute Gasteiger partial charge is 0.393 e. The Bertz CT molecular complexity index is 825. The molecule has 8 heteroatoms. The molecule has 0 aliphatic rings. The van der Waals surface area contributed by atoms with Gasteiger partial charge in [0, 0.05) is 18.0 Å². The number of halogens is 2. The second kappa shape index (κ2) is 6.22. The molecular formula is C15H12F2N6. The lowest BCUT2D eigenvalue weighted by atomic mass is 10.3. The molecule has 1 aromatic carbocycles. The second-order valence-corrected chi connectivity index (χ2v) is 4.61. The number of nitrogens with one attached hydrogen (secondary N) is 2. The summed E-state index contributed by atoms with van der Waals surface area (Å²) in [5.41, 5.74) is 7.27. The summed E-state index contributed by atoms with van der Waals surface area (Å²) in [6.07, 6.45) is 4.56. The Hall–Kier alpha value is -3.29. The quantitative estimate of drug-likeness (QED) is 0.685. The van der Waals surface area contributed by atoms with Crippen molar-refractivity contribution in [1.82, 2.24) is 15.0 Å². The fourth-order valence-electron chi connectivity index (χ4n) is 1.88. The van der Waals surface area contributed by atoms with Gasteiger partial charge in [-0.2, -0.15) is 0 Å². The zero-order chi connectivity index (χ0) is 16.2. The molecule has 3 aromatic rings. The molecule has 0 aliphatic carbocycles. The molecule has 0 spiro atoms. The van der Waals surface area contributed by atoms with Crippen LogP contribution in [0.4, 0.5) is 37.5 Å². The average Bonchev–Trinajstić information content (AvgIpc) is 2.56. The summed E-state index contributed by atoms with van der Waals surface area (Å²) in [7, 11) is 0. The Kier molecular flexibility index (Phi) is 3.96. The maximum atomic E-state index is 13.3. The van der Waals surface area contributed by atoms with Gasteiger partial charge in [-0.05, 0) is 24.3 Å². The molecule has 0 amide bonds. The third-order valence-electron chi connectivity index (χ3n) is 2.99. The summed E-state index contributed by atoms with van der Waals surface area (Å²) in [4.78, 5) is 12.0. The zero-order valence-corrected chi connectivity index (χ0v) is 11.8. The van der Waals surface area contributed by atoms with Crippen LogP contribution in [0.3, 0.4) is 0 Å². The van der Waals surface area contributed by atoms with E-state index in [-0.39, 0.29) is 11.5 Å². The number of hydrogen-bond donors (Lipinski definition) is 3. The molecule has 0 saturated heterocycles. The Morgan fingerprint density at radius 2 is 1.65 bits per heavy atom. The molecule has 2 heterocycles. The van der Waals surface area contributed by atoms with Crippen molar-refractivity contribution < 1.29 is 8.78 Å². The monoisotopic (exact) mass is 314 g/mol. The van der Waals surface area contributed by atoms with Gasteiger partial charge in [0.15, 0.2) is 23.3 Å². The summed E-state index contributed by atoms with van der Waals surface area (Å²) in [6, 6.07) is 6.99. The van der Waals surface area contributed by atoms with E-state index in [1.807, 2.05) is 0 Å². The predicted octanol–water partition coefficient (Wildman–Crippen LogP) is 3.22. The molecule has 0 unspecified atom stereocenters. The first-order chi connectivity index (χ1) is 11.1. The number of rotatable bonds is 4. The molecule has 2 aromatic heterocycles. The van der Waals surface area contributed by atoms with Crippen LogP contribution < -0.4 is 16.4 Å². The van der Waals surface area contributed by atoms with Gasteiger partial charge < -0.3 is 16.4 Å². The first-order valence-electron chi connectivity index (χ1n) is 6.63. The van der Waals surface area contributed by atoms with Gasteiger partial charge in [0.1, 0.15) is 12.0 Å². The fourth-order valence-corrected chi connectivity index (χ4v) is 1.88. The first-order valence-corrected chi connectivity index (χ1v) is 6.63. The predicted molar refractivity (Wildman–Crippen MR) is 83.6 cm³/mol. The first kappa shape index (κ1) is 14.6. The van der Waals surface area contributed by atoms with Crippen LogP contribution >= 0.6 is 0 Å². The van der Waals surface area contributed by atoms with Crippen molar-refractivity contribution in [2.75, 3.05) is 16.4 Å². The van der Waals surface area contributed by atoms with Gasteiger partial charge in [0.25, 0.3) is 0 Å². The molecule has 6 nitrogen and oxygen atoms in total. The van der Waals surface area contributed by atoms with E-state index in [1.165, 1.54) is 12.4 Å². The Morgan fingerprint density at radius 1 is 0.913 bits per heavy atom. The lowest BCUT2D eigenvalue weighted by Crippen LogP contribution is -2.05. The van der Waals surface area contributed by atoms with E-state index in [0.29, 0.717) is 17.2 Å². The van der Waals surface area contributed by atoms with E-state index >= 15 is 0 Å². The molecular weight excluding hydrogens is 302 g/mol. The minimum absolute atomic E-state index is 0.237. The van der Waals surface area contributed by atoms with Crippen LogP contribution in [-0.2, 0) is 0 Å². The molecule has 23 heavy (non-hydrogen) atoms. The molecule has 0 radical (unpaired) electrons. The van der Waals surface area contributed by atoms with Crippen LogP contribution in [0.1, 0.15) is 0 Å². The number of pyridine rings is 1. The minimum atomic E-state index is -0.962. The number of benzene rings is 1. The highest BCUT2D eigenvalue weighted by Crippen LogP contribution is 2.28. The van der Waals surface area contributed by atoms with Crippen LogP contribution in [-0.4, -0.2) is 15.0 Å². The molecule has 116 valence electrons. The van der Waals surface area contributed by atoms with E-state index in [4.69, 9.17) is 5.73 Å². The van der Waals surface area contributed by atoms with Gasteiger partial charge in [-0.25, -0.2) is 18.7 Å². The van der Waals surface area contributed by atoms with E-state index in [0.717, 1.165) is 12.1 Å². The Balaban J connectivity index is 1.86. The van der Waals surface area contributed by atoms with Crippen LogP contribution in [0.2, 0.25) is 0 Å². The standard InChI is InChI=1S/C15H12F2N6/c16-11-4-3-9(6-12(11)17)22-14-13(18)15(21-8-20-14)23-10-2-1-5-19-7-10/h1-8H,18H2,(H2,20,21,22,23). The normalized spacial score (nSPS) is 10.3. The van der Waals surface area contributed by atoms with Crippen molar-refractivity contribution in [2.45, 2.75) is 0 Å². The molecule has 0 bridgehead atoms. The highest BCUT2D eigenvalue weighted by atomic mass is 19.2. The summed E-state index contributed by atoms with van der Waals surface area (Å²) >= 11 is 0. The summed E-state index contributed by atoms with van der Waals surface area (Å²) in [6.45, 7) is 0. The van der Waals surface area contributed by atoms with E-state index < -0.39 is 11.6 Å². The van der Waals surface area contributed by atoms with Crippen molar-refractivity contribution in [3.8, 4) is 0 Å². The van der Waals surface area contributed by atoms with Gasteiger partial charge in [-0.1, -0.05) is 0 Å². The van der Waals surface area contributed by atoms with Gasteiger partial charge in [0.05, 0.1) is 11.9 Å². The van der Waals surface area contributed by atoms with Crippen LogP contribution in [0.15, 0.2) is 49.1 Å². The van der Waals surface area contributed by atoms with Crippen molar-refractivity contribution in [2.24, 2.45) is 0 Å². The maximum Gasteiger partial charge on any atom is 0.160 e.